The second-order valence-electron chi connectivity index (χ2n) is 6.62. The van der Waals surface area contributed by atoms with Gasteiger partial charge in [0.1, 0.15) is 11.7 Å². The molecule has 0 aliphatic carbocycles. The molecule has 0 saturated carbocycles. The summed E-state index contributed by atoms with van der Waals surface area (Å²) in [5, 5.41) is 14.0. The van der Waals surface area contributed by atoms with Gasteiger partial charge in [-0.15, -0.1) is 11.8 Å². The Balaban J connectivity index is 2.02. The maximum Gasteiger partial charge on any atom is 0.319 e. The molecule has 31 heavy (non-hydrogen) atoms. The summed E-state index contributed by atoms with van der Waals surface area (Å²) in [7, 11) is 2.75. The summed E-state index contributed by atoms with van der Waals surface area (Å²) in [6, 6.07) is 14.2. The Kier molecular flexibility index (Phi) is 7.50. The fourth-order valence-corrected chi connectivity index (χ4v) is 4.89. The van der Waals surface area contributed by atoms with Gasteiger partial charge in [-0.2, -0.15) is 5.26 Å². The van der Waals surface area contributed by atoms with Gasteiger partial charge in [0, 0.05) is 21.7 Å². The van der Waals surface area contributed by atoms with E-state index >= 15 is 0 Å². The normalized spacial score (nSPS) is 18.2. The van der Waals surface area contributed by atoms with Crippen LogP contribution in [0.5, 0.6) is 5.75 Å². The highest BCUT2D eigenvalue weighted by Gasteiger charge is 2.44. The largest absolute Gasteiger partial charge is 0.497 e. The molecule has 0 fully saturated rings. The van der Waals surface area contributed by atoms with Crippen LogP contribution in [-0.4, -0.2) is 26.1 Å². The summed E-state index contributed by atoms with van der Waals surface area (Å²) in [6.07, 6.45) is 0. The van der Waals surface area contributed by atoms with Crippen LogP contribution in [0.15, 0.2) is 53.1 Å². The third-order valence-corrected chi connectivity index (χ3v) is 6.50. The van der Waals surface area contributed by atoms with Gasteiger partial charge in [-0.05, 0) is 35.4 Å². The smallest absolute Gasteiger partial charge is 0.319 e. The van der Waals surface area contributed by atoms with Gasteiger partial charge in [-0.1, -0.05) is 41.4 Å². The van der Waals surface area contributed by atoms with Crippen molar-refractivity contribution in [3.05, 3.63) is 74.2 Å². The van der Waals surface area contributed by atoms with Crippen LogP contribution >= 0.6 is 35.0 Å². The second kappa shape index (κ2) is 10.1. The molecule has 1 heterocycles. The third-order valence-electron chi connectivity index (χ3n) is 4.85. The molecule has 3 rings (SSSR count). The first kappa shape index (κ1) is 23.0. The number of benzene rings is 2. The number of amides is 1. The number of rotatable bonds is 6. The van der Waals surface area contributed by atoms with E-state index in [2.05, 4.69) is 11.4 Å². The molecule has 2 aromatic carbocycles. The van der Waals surface area contributed by atoms with Crippen LogP contribution in [0, 0.1) is 17.2 Å². The van der Waals surface area contributed by atoms with Gasteiger partial charge in [0.15, 0.2) is 0 Å². The Hall–Kier alpha value is -2.66. The number of allylic oxidation sites excluding steroid dienone is 1. The maximum absolute atomic E-state index is 12.9. The van der Waals surface area contributed by atoms with Crippen LogP contribution < -0.4 is 10.1 Å². The number of nitrogens with one attached hydrogen (secondary N) is 1. The highest BCUT2D eigenvalue weighted by Crippen LogP contribution is 2.41. The van der Waals surface area contributed by atoms with Crippen molar-refractivity contribution in [1.29, 1.82) is 5.26 Å². The molecule has 1 aliphatic rings. The molecule has 1 N–H and O–H groups in total. The number of carbonyl (C=O) groups excluding carboxylic acids is 2. The van der Waals surface area contributed by atoms with Crippen molar-refractivity contribution in [3.63, 3.8) is 0 Å². The highest BCUT2D eigenvalue weighted by atomic mass is 35.5. The van der Waals surface area contributed by atoms with Crippen molar-refractivity contribution in [1.82, 2.24) is 5.32 Å². The number of esters is 1. The molecule has 0 aromatic heterocycles. The van der Waals surface area contributed by atoms with E-state index in [1.54, 1.807) is 42.5 Å². The van der Waals surface area contributed by atoms with Gasteiger partial charge in [0.05, 0.1) is 30.9 Å². The summed E-state index contributed by atoms with van der Waals surface area (Å²) in [5.41, 5.74) is 1.70. The zero-order chi connectivity index (χ0) is 22.5. The molecule has 0 spiro atoms. The first-order chi connectivity index (χ1) is 14.9. The first-order valence-corrected chi connectivity index (χ1v) is 10.9. The zero-order valence-corrected chi connectivity index (χ0v) is 19.0. The van der Waals surface area contributed by atoms with Crippen LogP contribution in [0.1, 0.15) is 17.0 Å². The van der Waals surface area contributed by atoms with Crippen molar-refractivity contribution in [3.8, 4) is 11.8 Å². The summed E-state index contributed by atoms with van der Waals surface area (Å²) in [5.74, 6) is -2.20. The lowest BCUT2D eigenvalue weighted by atomic mass is 9.78. The molecule has 1 amide bonds. The number of methoxy groups -OCH3 is 2. The number of nitrogens with zero attached hydrogens (tertiary/aromatic N) is 1. The van der Waals surface area contributed by atoms with Crippen LogP contribution in [-0.2, 0) is 20.1 Å². The number of ether oxygens (including phenoxy) is 2. The summed E-state index contributed by atoms with van der Waals surface area (Å²) in [6.45, 7) is 0. The van der Waals surface area contributed by atoms with Crippen molar-refractivity contribution >= 4 is 46.8 Å². The zero-order valence-electron chi connectivity index (χ0n) is 16.6. The predicted octanol–water partition coefficient (Wildman–Crippen LogP) is 4.67. The first-order valence-electron chi connectivity index (χ1n) is 9.13. The van der Waals surface area contributed by atoms with Crippen LogP contribution in [0.3, 0.4) is 0 Å². The molecule has 1 aliphatic heterocycles. The summed E-state index contributed by atoms with van der Waals surface area (Å²) in [4.78, 5) is 25.3. The lowest BCUT2D eigenvalue weighted by Crippen LogP contribution is -2.44. The molecule has 0 unspecified atom stereocenters. The van der Waals surface area contributed by atoms with E-state index in [-0.39, 0.29) is 5.57 Å². The van der Waals surface area contributed by atoms with Gasteiger partial charge in [0.2, 0.25) is 5.91 Å². The minimum Gasteiger partial charge on any atom is -0.497 e. The Morgan fingerprint density at radius 2 is 1.90 bits per heavy atom. The number of nitriles is 1. The minimum atomic E-state index is -1.18. The van der Waals surface area contributed by atoms with Crippen molar-refractivity contribution in [2.45, 2.75) is 11.7 Å². The average Bonchev–Trinajstić information content (AvgIpc) is 2.77. The fraction of sp³-hybridized carbons (Fsp3) is 0.227. The molecule has 2 aromatic rings. The number of thioether (sulfide) groups is 1. The Labute approximate surface area is 194 Å². The van der Waals surface area contributed by atoms with E-state index in [0.29, 0.717) is 32.1 Å². The number of halogens is 2. The number of hydrogen-bond donors (Lipinski definition) is 1. The standard InChI is InChI=1S/C22H18Cl2N2O4S/c1-29-15-7-4-12(5-8-15)18-16(10-25)21(26-20(27)19(18)22(28)30-2)31-11-13-3-6-14(23)9-17(13)24/h3-9,18-19H,11H2,1-2H3,(H,26,27)/t18-,19+/m1/s1. The minimum absolute atomic E-state index is 0.273. The van der Waals surface area contributed by atoms with E-state index in [1.807, 2.05) is 0 Å². The Bertz CT molecular complexity index is 1080. The Morgan fingerprint density at radius 1 is 1.19 bits per heavy atom. The van der Waals surface area contributed by atoms with E-state index in [4.69, 9.17) is 32.7 Å². The molecule has 6 nitrogen and oxygen atoms in total. The van der Waals surface area contributed by atoms with Crippen LogP contribution in [0.25, 0.3) is 0 Å². The lowest BCUT2D eigenvalue weighted by Gasteiger charge is -2.31. The number of carbonyl (C=O) groups is 2. The molecular weight excluding hydrogens is 459 g/mol. The van der Waals surface area contributed by atoms with Crippen LogP contribution in [0.2, 0.25) is 10.0 Å². The average molecular weight is 477 g/mol. The summed E-state index contributed by atoms with van der Waals surface area (Å²) >= 11 is 13.4. The van der Waals surface area contributed by atoms with Gasteiger partial charge in [0.25, 0.3) is 0 Å². The molecular formula is C22H18Cl2N2O4S. The van der Waals surface area contributed by atoms with Gasteiger partial charge in [-0.25, -0.2) is 0 Å². The van der Waals surface area contributed by atoms with Gasteiger partial charge < -0.3 is 14.8 Å². The molecule has 0 bridgehead atoms. The second-order valence-corrected chi connectivity index (χ2v) is 8.45. The van der Waals surface area contributed by atoms with Crippen molar-refractivity contribution in [2.75, 3.05) is 14.2 Å². The quantitative estimate of drug-likeness (QED) is 0.481. The maximum atomic E-state index is 12.9. The Morgan fingerprint density at radius 3 is 2.48 bits per heavy atom. The van der Waals surface area contributed by atoms with Gasteiger partial charge >= 0.3 is 5.97 Å². The topological polar surface area (TPSA) is 88.4 Å². The molecule has 2 atom stereocenters. The molecule has 0 saturated heterocycles. The third kappa shape index (κ3) is 4.99. The van der Waals surface area contributed by atoms with Gasteiger partial charge in [-0.3, -0.25) is 9.59 Å². The van der Waals surface area contributed by atoms with E-state index < -0.39 is 23.7 Å². The molecule has 9 heteroatoms. The predicted molar refractivity (Wildman–Crippen MR) is 120 cm³/mol. The summed E-state index contributed by atoms with van der Waals surface area (Å²) < 4.78 is 10.0. The van der Waals surface area contributed by atoms with E-state index in [0.717, 1.165) is 5.56 Å². The van der Waals surface area contributed by atoms with Crippen molar-refractivity contribution < 1.29 is 19.1 Å². The van der Waals surface area contributed by atoms with Crippen molar-refractivity contribution in [2.24, 2.45) is 5.92 Å². The molecule has 160 valence electrons. The SMILES string of the molecule is COC(=O)[C@@H]1C(=O)NC(SCc2ccc(Cl)cc2Cl)=C(C#N)[C@H]1c1ccc(OC)cc1. The van der Waals surface area contributed by atoms with E-state index in [1.165, 1.54) is 26.0 Å². The number of hydrogen-bond acceptors (Lipinski definition) is 6. The fourth-order valence-electron chi connectivity index (χ4n) is 3.28. The lowest BCUT2D eigenvalue weighted by molar-refractivity contribution is -0.150. The van der Waals surface area contributed by atoms with Crippen LogP contribution in [0.4, 0.5) is 0 Å². The highest BCUT2D eigenvalue weighted by molar-refractivity contribution is 8.02. The monoisotopic (exact) mass is 476 g/mol. The van der Waals surface area contributed by atoms with E-state index in [9.17, 15) is 14.9 Å². The molecule has 0 radical (unpaired) electrons.